The fourth-order valence-corrected chi connectivity index (χ4v) is 3.48. The normalized spacial score (nSPS) is 14.9. The molecule has 0 radical (unpaired) electrons. The molecule has 0 spiro atoms. The van der Waals surface area contributed by atoms with Crippen LogP contribution in [-0.4, -0.2) is 29.6 Å². The zero-order valence-corrected chi connectivity index (χ0v) is 16.6. The number of carbonyl (C=O) groups excluding carboxylic acids is 1. The van der Waals surface area contributed by atoms with E-state index in [0.717, 1.165) is 34.6 Å². The van der Waals surface area contributed by atoms with Crippen molar-refractivity contribution in [2.45, 2.75) is 32.5 Å². The number of amides is 1. The molecule has 1 amide bonds. The fraction of sp³-hybridized carbons (Fsp3) is 0.250. The molecule has 0 aliphatic carbocycles. The number of pyridine rings is 1. The van der Waals surface area contributed by atoms with Crippen molar-refractivity contribution in [3.8, 4) is 22.6 Å². The van der Waals surface area contributed by atoms with Crippen molar-refractivity contribution >= 4 is 5.91 Å². The Morgan fingerprint density at radius 2 is 1.90 bits per heavy atom. The van der Waals surface area contributed by atoms with Crippen molar-refractivity contribution in [1.82, 2.24) is 10.3 Å². The molecule has 3 aromatic rings. The molecule has 4 rings (SSSR count). The summed E-state index contributed by atoms with van der Waals surface area (Å²) in [6, 6.07) is 17.3. The third-order valence-corrected chi connectivity index (χ3v) is 4.80. The lowest BCUT2D eigenvalue weighted by molar-refractivity contribution is 0.0933. The first-order chi connectivity index (χ1) is 14.1. The summed E-state index contributed by atoms with van der Waals surface area (Å²) in [4.78, 5) is 16.6. The summed E-state index contributed by atoms with van der Waals surface area (Å²) in [6.07, 6.45) is 4.35. The zero-order chi connectivity index (χ0) is 20.2. The van der Waals surface area contributed by atoms with Gasteiger partial charge in [-0.25, -0.2) is 0 Å². The van der Waals surface area contributed by atoms with Gasteiger partial charge in [0.05, 0.1) is 12.6 Å². The Morgan fingerprint density at radius 3 is 2.62 bits per heavy atom. The maximum Gasteiger partial charge on any atom is 0.251 e. The summed E-state index contributed by atoms with van der Waals surface area (Å²) in [5.41, 5.74) is 3.90. The Labute approximate surface area is 170 Å². The van der Waals surface area contributed by atoms with E-state index in [1.807, 2.05) is 44.2 Å². The number of nitrogens with one attached hydrogen (secondary N) is 1. The SMILES string of the molecule is CC(C)Oc1ccc(C(=O)NCC2Cc3cccc(-c4ccncc4)c3O2)cc1. The van der Waals surface area contributed by atoms with E-state index in [9.17, 15) is 4.79 Å². The quantitative estimate of drug-likeness (QED) is 0.685. The van der Waals surface area contributed by atoms with E-state index in [4.69, 9.17) is 9.47 Å². The zero-order valence-electron chi connectivity index (χ0n) is 16.6. The van der Waals surface area contributed by atoms with Gasteiger partial charge in [0.25, 0.3) is 5.91 Å². The standard InChI is InChI=1S/C24H24N2O3/c1-16(2)28-20-8-6-18(7-9-20)24(27)26-15-21-14-19-4-3-5-22(23(19)29-21)17-10-12-25-13-11-17/h3-13,16,21H,14-15H2,1-2H3,(H,26,27). The average molecular weight is 388 g/mol. The number of ether oxygens (including phenoxy) is 2. The monoisotopic (exact) mass is 388 g/mol. The average Bonchev–Trinajstić information content (AvgIpc) is 3.16. The van der Waals surface area contributed by atoms with Crippen LogP contribution >= 0.6 is 0 Å². The number of fused-ring (bicyclic) bond motifs is 1. The molecule has 5 nitrogen and oxygen atoms in total. The first-order valence-electron chi connectivity index (χ1n) is 9.84. The highest BCUT2D eigenvalue weighted by Gasteiger charge is 2.26. The molecule has 2 heterocycles. The molecule has 1 unspecified atom stereocenters. The smallest absolute Gasteiger partial charge is 0.251 e. The van der Waals surface area contributed by atoms with Crippen LogP contribution in [0.2, 0.25) is 0 Å². The number of benzene rings is 2. The lowest BCUT2D eigenvalue weighted by atomic mass is 10.0. The second kappa shape index (κ2) is 8.35. The predicted octanol–water partition coefficient (Wildman–Crippen LogP) is 4.27. The number of nitrogens with zero attached hydrogens (tertiary/aromatic N) is 1. The molecule has 0 saturated heterocycles. The Hall–Kier alpha value is -3.34. The largest absolute Gasteiger partial charge is 0.491 e. The van der Waals surface area contributed by atoms with Crippen molar-refractivity contribution in [2.75, 3.05) is 6.54 Å². The highest BCUT2D eigenvalue weighted by atomic mass is 16.5. The van der Waals surface area contributed by atoms with Gasteiger partial charge < -0.3 is 14.8 Å². The van der Waals surface area contributed by atoms with Crippen molar-refractivity contribution in [1.29, 1.82) is 0 Å². The Kier molecular flexibility index (Phi) is 5.47. The van der Waals surface area contributed by atoms with E-state index < -0.39 is 0 Å². The molecule has 148 valence electrons. The van der Waals surface area contributed by atoms with Crippen molar-refractivity contribution in [2.24, 2.45) is 0 Å². The molecule has 29 heavy (non-hydrogen) atoms. The minimum absolute atomic E-state index is 0.0829. The van der Waals surface area contributed by atoms with Crippen molar-refractivity contribution in [3.05, 3.63) is 78.1 Å². The van der Waals surface area contributed by atoms with Crippen LogP contribution in [-0.2, 0) is 6.42 Å². The van der Waals surface area contributed by atoms with Gasteiger partial charge in [-0.2, -0.15) is 0 Å². The maximum absolute atomic E-state index is 12.5. The summed E-state index contributed by atoms with van der Waals surface area (Å²) in [7, 11) is 0. The van der Waals surface area contributed by atoms with E-state index in [0.29, 0.717) is 12.1 Å². The van der Waals surface area contributed by atoms with Crippen molar-refractivity contribution < 1.29 is 14.3 Å². The Bertz CT molecular complexity index is 985. The minimum atomic E-state index is -0.116. The van der Waals surface area contributed by atoms with E-state index in [1.54, 1.807) is 24.5 Å². The summed E-state index contributed by atoms with van der Waals surface area (Å²) < 4.78 is 11.8. The molecule has 1 aromatic heterocycles. The number of carbonyl (C=O) groups is 1. The van der Waals surface area contributed by atoms with Crippen LogP contribution in [0.25, 0.3) is 11.1 Å². The van der Waals surface area contributed by atoms with Crippen LogP contribution in [0.5, 0.6) is 11.5 Å². The summed E-state index contributed by atoms with van der Waals surface area (Å²) >= 11 is 0. The molecule has 0 bridgehead atoms. The summed E-state index contributed by atoms with van der Waals surface area (Å²) in [6.45, 7) is 4.40. The molecule has 1 N–H and O–H groups in total. The van der Waals surface area contributed by atoms with E-state index in [2.05, 4.69) is 22.4 Å². The number of para-hydroxylation sites is 1. The van der Waals surface area contributed by atoms with Gasteiger partial charge in [0.1, 0.15) is 17.6 Å². The third kappa shape index (κ3) is 4.40. The Morgan fingerprint density at radius 1 is 1.14 bits per heavy atom. The molecule has 0 saturated carbocycles. The highest BCUT2D eigenvalue weighted by molar-refractivity contribution is 5.94. The van der Waals surface area contributed by atoms with Gasteiger partial charge in [-0.15, -0.1) is 0 Å². The maximum atomic E-state index is 12.5. The van der Waals surface area contributed by atoms with Crippen LogP contribution in [0, 0.1) is 0 Å². The van der Waals surface area contributed by atoms with Gasteiger partial charge in [0.2, 0.25) is 0 Å². The molecular formula is C24H24N2O3. The first kappa shape index (κ1) is 19.0. The summed E-state index contributed by atoms with van der Waals surface area (Å²) in [5, 5.41) is 2.98. The van der Waals surface area contributed by atoms with Crippen LogP contribution in [0.1, 0.15) is 29.8 Å². The van der Waals surface area contributed by atoms with Crippen LogP contribution in [0.15, 0.2) is 67.0 Å². The van der Waals surface area contributed by atoms with Crippen LogP contribution in [0.3, 0.4) is 0 Å². The predicted molar refractivity (Wildman–Crippen MR) is 112 cm³/mol. The van der Waals surface area contributed by atoms with Gasteiger partial charge in [-0.05, 0) is 61.4 Å². The van der Waals surface area contributed by atoms with Gasteiger partial charge in [-0.1, -0.05) is 18.2 Å². The molecule has 0 fully saturated rings. The molecule has 1 aliphatic rings. The van der Waals surface area contributed by atoms with Gasteiger partial charge in [0, 0.05) is 29.9 Å². The van der Waals surface area contributed by atoms with E-state index >= 15 is 0 Å². The van der Waals surface area contributed by atoms with Gasteiger partial charge in [-0.3, -0.25) is 9.78 Å². The lowest BCUT2D eigenvalue weighted by Crippen LogP contribution is -2.34. The minimum Gasteiger partial charge on any atom is -0.491 e. The van der Waals surface area contributed by atoms with E-state index in [-0.39, 0.29) is 18.1 Å². The number of hydrogen-bond acceptors (Lipinski definition) is 4. The molecule has 2 aromatic carbocycles. The topological polar surface area (TPSA) is 60.5 Å². The van der Waals surface area contributed by atoms with Gasteiger partial charge in [0.15, 0.2) is 0 Å². The second-order valence-corrected chi connectivity index (χ2v) is 7.37. The fourth-order valence-electron chi connectivity index (χ4n) is 3.48. The lowest BCUT2D eigenvalue weighted by Gasteiger charge is -2.14. The van der Waals surface area contributed by atoms with Crippen LogP contribution in [0.4, 0.5) is 0 Å². The first-order valence-corrected chi connectivity index (χ1v) is 9.84. The molecule has 5 heteroatoms. The number of rotatable bonds is 6. The number of hydrogen-bond donors (Lipinski definition) is 1. The van der Waals surface area contributed by atoms with Crippen molar-refractivity contribution in [3.63, 3.8) is 0 Å². The van der Waals surface area contributed by atoms with Crippen LogP contribution < -0.4 is 14.8 Å². The second-order valence-electron chi connectivity index (χ2n) is 7.37. The Balaban J connectivity index is 1.38. The van der Waals surface area contributed by atoms with Gasteiger partial charge >= 0.3 is 0 Å². The van der Waals surface area contributed by atoms with E-state index in [1.165, 1.54) is 0 Å². The summed E-state index contributed by atoms with van der Waals surface area (Å²) in [5.74, 6) is 1.54. The molecule has 1 atom stereocenters. The third-order valence-electron chi connectivity index (χ3n) is 4.80. The molecular weight excluding hydrogens is 364 g/mol. The molecule has 1 aliphatic heterocycles. The number of aromatic nitrogens is 1. The highest BCUT2D eigenvalue weighted by Crippen LogP contribution is 2.38.